The molecule has 10 heteroatoms. The molecular formula is C20H24N4O5S. The number of sulfonamides is 1. The molecule has 1 aliphatic rings. The number of benzene rings is 2. The predicted octanol–water partition coefficient (Wildman–Crippen LogP) is 2.68. The fourth-order valence-electron chi connectivity index (χ4n) is 3.58. The summed E-state index contributed by atoms with van der Waals surface area (Å²) in [5, 5.41) is 16.8. The zero-order valence-electron chi connectivity index (χ0n) is 16.8. The lowest BCUT2D eigenvalue weighted by Gasteiger charge is -2.26. The summed E-state index contributed by atoms with van der Waals surface area (Å²) in [7, 11) is -2.30. The highest BCUT2D eigenvalue weighted by atomic mass is 32.2. The first-order chi connectivity index (χ1) is 14.1. The minimum Gasteiger partial charge on any atom is -0.366 e. The quantitative estimate of drug-likeness (QED) is 0.552. The van der Waals surface area contributed by atoms with Crippen molar-refractivity contribution in [2.45, 2.75) is 30.7 Å². The Morgan fingerprint density at radius 2 is 1.87 bits per heavy atom. The van der Waals surface area contributed by atoms with Gasteiger partial charge in [-0.1, -0.05) is 12.1 Å². The number of carbonyl (C=O) groups is 1. The third-order valence-corrected chi connectivity index (χ3v) is 6.35. The molecule has 1 atom stereocenters. The van der Waals surface area contributed by atoms with Crippen LogP contribution in [0.4, 0.5) is 11.4 Å². The second-order valence-corrected chi connectivity index (χ2v) is 8.93. The molecule has 160 valence electrons. The highest BCUT2D eigenvalue weighted by Crippen LogP contribution is 2.32. The van der Waals surface area contributed by atoms with Crippen LogP contribution in [0.3, 0.4) is 0 Å². The average Bonchev–Trinajstić information content (AvgIpc) is 3.25. The van der Waals surface area contributed by atoms with E-state index in [0.29, 0.717) is 11.3 Å². The van der Waals surface area contributed by atoms with Gasteiger partial charge in [0.05, 0.1) is 15.9 Å². The molecule has 0 aromatic heterocycles. The molecule has 30 heavy (non-hydrogen) atoms. The van der Waals surface area contributed by atoms with Gasteiger partial charge in [-0.25, -0.2) is 13.6 Å². The maximum absolute atomic E-state index is 13.0. The van der Waals surface area contributed by atoms with Gasteiger partial charge in [0.15, 0.2) is 0 Å². The van der Waals surface area contributed by atoms with E-state index in [4.69, 9.17) is 5.14 Å². The van der Waals surface area contributed by atoms with E-state index in [0.717, 1.165) is 25.9 Å². The second kappa shape index (κ2) is 8.41. The summed E-state index contributed by atoms with van der Waals surface area (Å²) in [6.45, 7) is 3.25. The van der Waals surface area contributed by atoms with Crippen molar-refractivity contribution in [1.29, 1.82) is 0 Å². The molecule has 1 fully saturated rings. The zero-order chi connectivity index (χ0) is 22.1. The maximum Gasteiger partial charge on any atom is 0.293 e. The largest absolute Gasteiger partial charge is 0.366 e. The number of nitro benzene ring substituents is 1. The average molecular weight is 433 g/mol. The molecule has 0 bridgehead atoms. The number of carbonyl (C=O) groups excluding carboxylic acids is 1. The Hall–Kier alpha value is -2.98. The molecular weight excluding hydrogens is 408 g/mol. The van der Waals surface area contributed by atoms with Gasteiger partial charge in [-0.15, -0.1) is 0 Å². The highest BCUT2D eigenvalue weighted by Gasteiger charge is 2.26. The number of nitrogens with zero attached hydrogens (tertiary/aromatic N) is 3. The molecule has 2 aromatic rings. The molecule has 1 amide bonds. The lowest BCUT2D eigenvalue weighted by molar-refractivity contribution is -0.384. The third-order valence-electron chi connectivity index (χ3n) is 5.44. The smallest absolute Gasteiger partial charge is 0.293 e. The van der Waals surface area contributed by atoms with Gasteiger partial charge in [-0.2, -0.15) is 0 Å². The van der Waals surface area contributed by atoms with E-state index in [1.165, 1.54) is 23.1 Å². The van der Waals surface area contributed by atoms with Crippen LogP contribution in [0.5, 0.6) is 0 Å². The minimum atomic E-state index is -3.87. The van der Waals surface area contributed by atoms with Crippen LogP contribution in [-0.2, 0) is 10.0 Å². The Kier molecular flexibility index (Phi) is 6.09. The van der Waals surface area contributed by atoms with Crippen LogP contribution < -0.4 is 10.0 Å². The molecule has 0 spiro atoms. The number of nitrogens with two attached hydrogens (primary N) is 1. The second-order valence-electron chi connectivity index (χ2n) is 7.36. The van der Waals surface area contributed by atoms with Crippen LogP contribution in [0, 0.1) is 10.1 Å². The summed E-state index contributed by atoms with van der Waals surface area (Å²) in [5.41, 5.74) is 1.20. The summed E-state index contributed by atoms with van der Waals surface area (Å²) >= 11 is 0. The predicted molar refractivity (Wildman–Crippen MR) is 113 cm³/mol. The minimum absolute atomic E-state index is 0.0432. The lowest BCUT2D eigenvalue weighted by Crippen LogP contribution is -2.30. The van der Waals surface area contributed by atoms with E-state index in [1.807, 2.05) is 4.90 Å². The molecule has 9 nitrogen and oxygen atoms in total. The van der Waals surface area contributed by atoms with Crippen molar-refractivity contribution in [2.75, 3.05) is 25.0 Å². The van der Waals surface area contributed by atoms with E-state index in [2.05, 4.69) is 0 Å². The number of amides is 1. The molecule has 1 unspecified atom stereocenters. The molecule has 2 N–H and O–H groups in total. The summed E-state index contributed by atoms with van der Waals surface area (Å²) in [6, 6.07) is 10.1. The van der Waals surface area contributed by atoms with Crippen molar-refractivity contribution in [3.05, 3.63) is 63.7 Å². The van der Waals surface area contributed by atoms with Gasteiger partial charge in [-0.05, 0) is 49.6 Å². The number of hydrogen-bond donors (Lipinski definition) is 1. The summed E-state index contributed by atoms with van der Waals surface area (Å²) < 4.78 is 23.2. The first-order valence-corrected chi connectivity index (χ1v) is 11.1. The summed E-state index contributed by atoms with van der Waals surface area (Å²) in [6.07, 6.45) is 1.96. The Bertz CT molecular complexity index is 1080. The van der Waals surface area contributed by atoms with Gasteiger partial charge in [0, 0.05) is 31.8 Å². The van der Waals surface area contributed by atoms with Crippen LogP contribution in [-0.4, -0.2) is 44.3 Å². The van der Waals surface area contributed by atoms with Gasteiger partial charge in [-0.3, -0.25) is 14.9 Å². The Labute approximate surface area is 175 Å². The molecule has 3 rings (SSSR count). The molecule has 0 aliphatic carbocycles. The van der Waals surface area contributed by atoms with E-state index in [1.54, 1.807) is 38.2 Å². The first-order valence-electron chi connectivity index (χ1n) is 9.53. The van der Waals surface area contributed by atoms with Gasteiger partial charge >= 0.3 is 0 Å². The number of anilines is 1. The van der Waals surface area contributed by atoms with Crippen molar-refractivity contribution < 1.29 is 18.1 Å². The molecule has 0 radical (unpaired) electrons. The van der Waals surface area contributed by atoms with E-state index in [-0.39, 0.29) is 16.1 Å². The monoisotopic (exact) mass is 432 g/mol. The van der Waals surface area contributed by atoms with Gasteiger partial charge in [0.1, 0.15) is 5.69 Å². The Morgan fingerprint density at radius 1 is 1.20 bits per heavy atom. The van der Waals surface area contributed by atoms with Crippen LogP contribution in [0.2, 0.25) is 0 Å². The van der Waals surface area contributed by atoms with E-state index >= 15 is 0 Å². The summed E-state index contributed by atoms with van der Waals surface area (Å²) in [5.74, 6) is -0.403. The molecule has 2 aromatic carbocycles. The van der Waals surface area contributed by atoms with Crippen molar-refractivity contribution in [2.24, 2.45) is 5.14 Å². The van der Waals surface area contributed by atoms with E-state index in [9.17, 15) is 23.3 Å². The maximum atomic E-state index is 13.0. The Balaban J connectivity index is 1.88. The van der Waals surface area contributed by atoms with Crippen molar-refractivity contribution in [3.63, 3.8) is 0 Å². The molecule has 1 heterocycles. The molecule has 0 saturated carbocycles. The lowest BCUT2D eigenvalue weighted by atomic mass is 10.1. The number of primary sulfonamides is 1. The van der Waals surface area contributed by atoms with Gasteiger partial charge in [0.2, 0.25) is 10.0 Å². The SMILES string of the molecule is CC(c1cccc(S(N)(=O)=O)c1)N(C)C(=O)c1ccc(N2CCCC2)c([N+](=O)[O-])c1. The van der Waals surface area contributed by atoms with Crippen LogP contribution in [0.15, 0.2) is 47.4 Å². The number of nitro groups is 1. The Morgan fingerprint density at radius 3 is 2.47 bits per heavy atom. The van der Waals surface area contributed by atoms with Gasteiger partial charge < -0.3 is 9.80 Å². The fourth-order valence-corrected chi connectivity index (χ4v) is 4.15. The van der Waals surface area contributed by atoms with Crippen molar-refractivity contribution in [1.82, 2.24) is 4.90 Å². The molecule has 1 aliphatic heterocycles. The van der Waals surface area contributed by atoms with Crippen LogP contribution in [0.1, 0.15) is 41.7 Å². The fraction of sp³-hybridized carbons (Fsp3) is 0.350. The normalized spacial score (nSPS) is 15.1. The van der Waals surface area contributed by atoms with E-state index < -0.39 is 26.9 Å². The van der Waals surface area contributed by atoms with Crippen molar-refractivity contribution in [3.8, 4) is 0 Å². The van der Waals surface area contributed by atoms with Crippen molar-refractivity contribution >= 4 is 27.3 Å². The summed E-state index contributed by atoms with van der Waals surface area (Å²) in [4.78, 5) is 27.4. The van der Waals surface area contributed by atoms with Gasteiger partial charge in [0.25, 0.3) is 11.6 Å². The third kappa shape index (κ3) is 4.44. The topological polar surface area (TPSA) is 127 Å². The van der Waals surface area contributed by atoms with Crippen LogP contribution >= 0.6 is 0 Å². The number of rotatable bonds is 6. The van der Waals surface area contributed by atoms with Crippen LogP contribution in [0.25, 0.3) is 0 Å². The molecule has 1 saturated heterocycles. The number of hydrogen-bond acceptors (Lipinski definition) is 6. The zero-order valence-corrected chi connectivity index (χ0v) is 17.6. The standard InChI is InChI=1S/C20H24N4O5S/c1-14(15-6-5-7-17(12-15)30(21,28)29)22(2)20(25)16-8-9-18(19(13-16)24(26)27)23-10-3-4-11-23/h5-9,12-14H,3-4,10-11H2,1-2H3,(H2,21,28,29). The highest BCUT2D eigenvalue weighted by molar-refractivity contribution is 7.89. The first kappa shape index (κ1) is 21.7.